The molecule has 1 aliphatic rings. The van der Waals surface area contributed by atoms with Gasteiger partial charge in [-0.1, -0.05) is 17.7 Å². The highest BCUT2D eigenvalue weighted by Gasteiger charge is 2.23. The number of fused-ring (bicyclic) bond motifs is 1. The highest BCUT2D eigenvalue weighted by Crippen LogP contribution is 2.37. The van der Waals surface area contributed by atoms with Crippen LogP contribution >= 0.6 is 11.6 Å². The van der Waals surface area contributed by atoms with Crippen molar-refractivity contribution in [2.24, 2.45) is 0 Å². The molecule has 0 spiro atoms. The van der Waals surface area contributed by atoms with Gasteiger partial charge in [0.2, 0.25) is 0 Å². The van der Waals surface area contributed by atoms with Crippen LogP contribution in [0.5, 0.6) is 5.75 Å². The first-order valence-corrected chi connectivity index (χ1v) is 5.18. The van der Waals surface area contributed by atoms with Crippen LogP contribution in [0.2, 0.25) is 5.02 Å². The summed E-state index contributed by atoms with van der Waals surface area (Å²) in [5, 5.41) is 9.39. The Labute approximate surface area is 92.6 Å². The molecular formula is C11H11ClO3. The van der Waals surface area contributed by atoms with E-state index < -0.39 is 5.97 Å². The molecule has 15 heavy (non-hydrogen) atoms. The van der Waals surface area contributed by atoms with Gasteiger partial charge in [-0.3, -0.25) is 4.79 Å². The molecule has 1 N–H and O–H groups in total. The minimum absolute atomic E-state index is 0.0449. The number of carboxylic acid groups (broad SMARTS) is 1. The lowest BCUT2D eigenvalue weighted by Gasteiger charge is -2.24. The fourth-order valence-corrected chi connectivity index (χ4v) is 2.02. The second-order valence-corrected chi connectivity index (χ2v) is 4.05. The van der Waals surface area contributed by atoms with Gasteiger partial charge < -0.3 is 9.84 Å². The lowest BCUT2D eigenvalue weighted by atomic mass is 9.90. The third kappa shape index (κ3) is 2.23. The Morgan fingerprint density at radius 2 is 2.40 bits per heavy atom. The molecule has 1 aromatic rings. The Bertz CT molecular complexity index is 389. The Hall–Kier alpha value is -1.22. The molecule has 1 heterocycles. The molecule has 0 saturated carbocycles. The van der Waals surface area contributed by atoms with Crippen molar-refractivity contribution in [2.75, 3.05) is 6.61 Å². The van der Waals surface area contributed by atoms with Gasteiger partial charge in [0.25, 0.3) is 0 Å². The van der Waals surface area contributed by atoms with Crippen LogP contribution in [0.25, 0.3) is 0 Å². The van der Waals surface area contributed by atoms with Crippen molar-refractivity contribution in [1.29, 1.82) is 0 Å². The molecule has 0 amide bonds. The number of aliphatic carboxylic acids is 1. The zero-order valence-electron chi connectivity index (χ0n) is 8.07. The van der Waals surface area contributed by atoms with Gasteiger partial charge in [-0.05, 0) is 24.1 Å². The molecule has 0 saturated heterocycles. The van der Waals surface area contributed by atoms with E-state index in [0.29, 0.717) is 11.6 Å². The largest absolute Gasteiger partial charge is 0.493 e. The maximum absolute atomic E-state index is 10.7. The van der Waals surface area contributed by atoms with E-state index in [2.05, 4.69) is 0 Å². The van der Waals surface area contributed by atoms with Crippen LogP contribution in [-0.4, -0.2) is 17.7 Å². The molecule has 0 aromatic heterocycles. The third-order valence-corrected chi connectivity index (χ3v) is 2.80. The van der Waals surface area contributed by atoms with Gasteiger partial charge in [0, 0.05) is 10.9 Å². The molecule has 1 atom stereocenters. The van der Waals surface area contributed by atoms with Gasteiger partial charge in [-0.2, -0.15) is 0 Å². The lowest BCUT2D eigenvalue weighted by Crippen LogP contribution is -2.16. The van der Waals surface area contributed by atoms with Crippen molar-refractivity contribution in [1.82, 2.24) is 0 Å². The number of hydrogen-bond donors (Lipinski definition) is 1. The Balaban J connectivity index is 2.30. The monoisotopic (exact) mass is 226 g/mol. The van der Waals surface area contributed by atoms with E-state index >= 15 is 0 Å². The normalized spacial score (nSPS) is 19.1. The van der Waals surface area contributed by atoms with Crippen molar-refractivity contribution < 1.29 is 14.6 Å². The second kappa shape index (κ2) is 4.11. The van der Waals surface area contributed by atoms with Crippen LogP contribution in [0.3, 0.4) is 0 Å². The predicted molar refractivity (Wildman–Crippen MR) is 56.6 cm³/mol. The molecule has 0 fully saturated rings. The average Bonchev–Trinajstić information content (AvgIpc) is 2.16. The van der Waals surface area contributed by atoms with Gasteiger partial charge in [0.1, 0.15) is 5.75 Å². The first kappa shape index (κ1) is 10.3. The van der Waals surface area contributed by atoms with Gasteiger partial charge in [0.05, 0.1) is 13.0 Å². The fourth-order valence-electron chi connectivity index (χ4n) is 1.86. The molecule has 1 aliphatic heterocycles. The summed E-state index contributed by atoms with van der Waals surface area (Å²) >= 11 is 5.83. The summed E-state index contributed by atoms with van der Waals surface area (Å²) in [5.74, 6) is -0.00804. The first-order chi connectivity index (χ1) is 7.16. The van der Waals surface area contributed by atoms with E-state index in [0.717, 1.165) is 17.7 Å². The molecule has 0 radical (unpaired) electrons. The minimum atomic E-state index is -0.775. The standard InChI is InChI=1S/C11H11ClO3/c12-8-1-2-9-7(5-11(13)14)3-4-15-10(9)6-8/h1-2,6-7H,3-5H2,(H,13,14). The van der Waals surface area contributed by atoms with Gasteiger partial charge >= 0.3 is 5.97 Å². The summed E-state index contributed by atoms with van der Waals surface area (Å²) in [4.78, 5) is 10.7. The highest BCUT2D eigenvalue weighted by molar-refractivity contribution is 6.30. The maximum atomic E-state index is 10.7. The van der Waals surface area contributed by atoms with E-state index in [-0.39, 0.29) is 12.3 Å². The van der Waals surface area contributed by atoms with Crippen LogP contribution in [0, 0.1) is 0 Å². The topological polar surface area (TPSA) is 46.5 Å². The first-order valence-electron chi connectivity index (χ1n) is 4.81. The van der Waals surface area contributed by atoms with Crippen LogP contribution in [0.4, 0.5) is 0 Å². The molecule has 4 heteroatoms. The van der Waals surface area contributed by atoms with Crippen molar-refractivity contribution in [3.63, 3.8) is 0 Å². The van der Waals surface area contributed by atoms with Crippen LogP contribution in [0.15, 0.2) is 18.2 Å². The van der Waals surface area contributed by atoms with Gasteiger partial charge in [-0.25, -0.2) is 0 Å². The summed E-state index contributed by atoms with van der Waals surface area (Å²) < 4.78 is 5.44. The number of ether oxygens (including phenoxy) is 1. The Morgan fingerprint density at radius 1 is 1.60 bits per heavy atom. The van der Waals surface area contributed by atoms with Gasteiger partial charge in [0.15, 0.2) is 0 Å². The number of halogens is 1. The molecular weight excluding hydrogens is 216 g/mol. The van der Waals surface area contributed by atoms with E-state index in [4.69, 9.17) is 21.4 Å². The summed E-state index contributed by atoms with van der Waals surface area (Å²) in [6, 6.07) is 5.36. The molecule has 1 aromatic carbocycles. The quantitative estimate of drug-likeness (QED) is 0.844. The Morgan fingerprint density at radius 3 is 3.13 bits per heavy atom. The second-order valence-electron chi connectivity index (χ2n) is 3.61. The third-order valence-electron chi connectivity index (χ3n) is 2.56. The van der Waals surface area contributed by atoms with Crippen molar-refractivity contribution in [3.05, 3.63) is 28.8 Å². The smallest absolute Gasteiger partial charge is 0.303 e. The van der Waals surface area contributed by atoms with E-state index in [9.17, 15) is 4.79 Å². The number of hydrogen-bond acceptors (Lipinski definition) is 2. The van der Waals surface area contributed by atoms with E-state index in [1.165, 1.54) is 0 Å². The summed E-state index contributed by atoms with van der Waals surface area (Å²) in [7, 11) is 0. The SMILES string of the molecule is O=C(O)CC1CCOc2cc(Cl)ccc21. The van der Waals surface area contributed by atoms with Crippen molar-refractivity contribution >= 4 is 17.6 Å². The fraction of sp³-hybridized carbons (Fsp3) is 0.364. The van der Waals surface area contributed by atoms with Crippen LogP contribution < -0.4 is 4.74 Å². The van der Waals surface area contributed by atoms with Crippen LogP contribution in [0.1, 0.15) is 24.3 Å². The molecule has 0 bridgehead atoms. The lowest BCUT2D eigenvalue weighted by molar-refractivity contribution is -0.137. The van der Waals surface area contributed by atoms with Crippen molar-refractivity contribution in [2.45, 2.75) is 18.8 Å². The molecule has 1 unspecified atom stereocenters. The summed E-state index contributed by atoms with van der Waals surface area (Å²) in [6.07, 6.45) is 0.902. The Kier molecular flexibility index (Phi) is 2.82. The number of benzene rings is 1. The zero-order valence-corrected chi connectivity index (χ0v) is 8.83. The zero-order chi connectivity index (χ0) is 10.8. The number of carboxylic acids is 1. The molecule has 80 valence electrons. The number of carbonyl (C=O) groups is 1. The minimum Gasteiger partial charge on any atom is -0.493 e. The molecule has 3 nitrogen and oxygen atoms in total. The summed E-state index contributed by atoms with van der Waals surface area (Å²) in [6.45, 7) is 0.561. The van der Waals surface area contributed by atoms with E-state index in [1.54, 1.807) is 12.1 Å². The average molecular weight is 227 g/mol. The highest BCUT2D eigenvalue weighted by atomic mass is 35.5. The van der Waals surface area contributed by atoms with Crippen LogP contribution in [-0.2, 0) is 4.79 Å². The molecule has 0 aliphatic carbocycles. The van der Waals surface area contributed by atoms with Crippen molar-refractivity contribution in [3.8, 4) is 5.75 Å². The van der Waals surface area contributed by atoms with E-state index in [1.807, 2.05) is 6.07 Å². The predicted octanol–water partition coefficient (Wildman–Crippen LogP) is 2.68. The molecule has 2 rings (SSSR count). The number of rotatable bonds is 2. The maximum Gasteiger partial charge on any atom is 0.303 e. The van der Waals surface area contributed by atoms with Gasteiger partial charge in [-0.15, -0.1) is 0 Å². The summed E-state index contributed by atoms with van der Waals surface area (Å²) in [5.41, 5.74) is 0.952.